The molecule has 0 aliphatic carbocycles. The van der Waals surface area contributed by atoms with Crippen LogP contribution in [0.4, 0.5) is 0 Å². The lowest BCUT2D eigenvalue weighted by Crippen LogP contribution is -1.91. The van der Waals surface area contributed by atoms with Crippen LogP contribution >= 0.6 is 0 Å². The van der Waals surface area contributed by atoms with Gasteiger partial charge in [-0.3, -0.25) is 0 Å². The number of hydrogen-bond donors (Lipinski definition) is 1. The van der Waals surface area contributed by atoms with Gasteiger partial charge >= 0.3 is 5.97 Å². The minimum Gasteiger partial charge on any atom is -0.475 e. The zero-order valence-electron chi connectivity index (χ0n) is 8.00. The Kier molecular flexibility index (Phi) is 1.81. The van der Waals surface area contributed by atoms with Gasteiger partial charge in [-0.2, -0.15) is 0 Å². The summed E-state index contributed by atoms with van der Waals surface area (Å²) in [5, 5.41) is 9.62. The van der Waals surface area contributed by atoms with Gasteiger partial charge in [0, 0.05) is 5.39 Å². The summed E-state index contributed by atoms with van der Waals surface area (Å²) < 4.78 is 5.19. The second-order valence-corrected chi connectivity index (χ2v) is 3.41. The summed E-state index contributed by atoms with van der Waals surface area (Å²) in [6.07, 6.45) is 0. The second-order valence-electron chi connectivity index (χ2n) is 3.41. The number of aryl methyl sites for hydroxylation is 2. The first-order valence-corrected chi connectivity index (χ1v) is 4.32. The Morgan fingerprint density at radius 2 is 2.00 bits per heavy atom. The zero-order chi connectivity index (χ0) is 10.3. The molecule has 0 saturated carbocycles. The number of carbonyl (C=O) groups is 1. The van der Waals surface area contributed by atoms with Gasteiger partial charge in [0.15, 0.2) is 0 Å². The third kappa shape index (κ3) is 1.27. The van der Waals surface area contributed by atoms with Crippen molar-refractivity contribution < 1.29 is 14.3 Å². The average Bonchev–Trinajstić information content (AvgIpc) is 2.47. The monoisotopic (exact) mass is 190 g/mol. The van der Waals surface area contributed by atoms with Gasteiger partial charge in [0.1, 0.15) is 5.58 Å². The average molecular weight is 190 g/mol. The quantitative estimate of drug-likeness (QED) is 0.752. The molecule has 2 rings (SSSR count). The Morgan fingerprint density at radius 1 is 1.29 bits per heavy atom. The van der Waals surface area contributed by atoms with Crippen LogP contribution in [0.15, 0.2) is 22.6 Å². The van der Waals surface area contributed by atoms with E-state index in [1.54, 1.807) is 6.07 Å². The van der Waals surface area contributed by atoms with Gasteiger partial charge in [-0.05, 0) is 37.1 Å². The fourth-order valence-corrected chi connectivity index (χ4v) is 1.59. The molecule has 1 aromatic carbocycles. The molecule has 1 aromatic heterocycles. The van der Waals surface area contributed by atoms with Crippen molar-refractivity contribution in [3.8, 4) is 0 Å². The molecule has 0 amide bonds. The number of carboxylic acid groups (broad SMARTS) is 1. The molecule has 1 N–H and O–H groups in total. The molecule has 0 radical (unpaired) electrons. The molecule has 0 atom stereocenters. The van der Waals surface area contributed by atoms with Crippen LogP contribution in [0.1, 0.15) is 21.7 Å². The zero-order valence-corrected chi connectivity index (χ0v) is 8.00. The summed E-state index contributed by atoms with van der Waals surface area (Å²) >= 11 is 0. The Bertz CT molecular complexity index is 508. The van der Waals surface area contributed by atoms with Crippen molar-refractivity contribution in [2.45, 2.75) is 13.8 Å². The van der Waals surface area contributed by atoms with Gasteiger partial charge < -0.3 is 9.52 Å². The number of benzene rings is 1. The standard InChI is InChI=1S/C11H10O3/c1-6-3-7(2)8-5-10(11(12)13)14-9(8)4-6/h3-5H,1-2H3,(H,12,13). The number of fused-ring (bicyclic) bond motifs is 1. The van der Waals surface area contributed by atoms with Crippen LogP contribution in [0.25, 0.3) is 11.0 Å². The van der Waals surface area contributed by atoms with Gasteiger partial charge in [0.05, 0.1) is 0 Å². The highest BCUT2D eigenvalue weighted by atomic mass is 16.4. The molecule has 0 unspecified atom stereocenters. The predicted octanol–water partition coefficient (Wildman–Crippen LogP) is 2.75. The first-order valence-electron chi connectivity index (χ1n) is 4.32. The van der Waals surface area contributed by atoms with E-state index in [4.69, 9.17) is 9.52 Å². The van der Waals surface area contributed by atoms with Gasteiger partial charge in [-0.25, -0.2) is 4.79 Å². The van der Waals surface area contributed by atoms with Crippen LogP contribution in [0.3, 0.4) is 0 Å². The van der Waals surface area contributed by atoms with Crippen molar-refractivity contribution in [1.29, 1.82) is 0 Å². The van der Waals surface area contributed by atoms with E-state index in [1.807, 2.05) is 26.0 Å². The minimum absolute atomic E-state index is 0.00583. The van der Waals surface area contributed by atoms with Gasteiger partial charge in [-0.1, -0.05) is 6.07 Å². The molecule has 0 spiro atoms. The summed E-state index contributed by atoms with van der Waals surface area (Å²) in [6, 6.07) is 5.41. The molecule has 0 fully saturated rings. The van der Waals surface area contributed by atoms with E-state index < -0.39 is 5.97 Å². The second kappa shape index (κ2) is 2.87. The molecule has 0 aliphatic heterocycles. The molecular formula is C11H10O3. The smallest absolute Gasteiger partial charge is 0.371 e. The van der Waals surface area contributed by atoms with Crippen molar-refractivity contribution in [3.63, 3.8) is 0 Å². The summed E-state index contributed by atoms with van der Waals surface area (Å²) in [6.45, 7) is 3.89. The van der Waals surface area contributed by atoms with Crippen molar-refractivity contribution in [3.05, 3.63) is 35.1 Å². The summed E-state index contributed by atoms with van der Waals surface area (Å²) in [5.74, 6) is -1.04. The Labute approximate surface area is 81.0 Å². The molecule has 0 bridgehead atoms. The molecule has 3 nitrogen and oxygen atoms in total. The fourth-order valence-electron chi connectivity index (χ4n) is 1.59. The molecule has 0 aliphatic rings. The Hall–Kier alpha value is -1.77. The van der Waals surface area contributed by atoms with Crippen LogP contribution in [0, 0.1) is 13.8 Å². The summed E-state index contributed by atoms with van der Waals surface area (Å²) in [4.78, 5) is 10.7. The summed E-state index contributed by atoms with van der Waals surface area (Å²) in [7, 11) is 0. The van der Waals surface area contributed by atoms with Crippen LogP contribution in [-0.4, -0.2) is 11.1 Å². The van der Waals surface area contributed by atoms with Gasteiger partial charge in [0.25, 0.3) is 0 Å². The lowest BCUT2D eigenvalue weighted by molar-refractivity contribution is 0.0665. The number of hydrogen-bond acceptors (Lipinski definition) is 2. The number of aromatic carboxylic acids is 1. The number of furan rings is 1. The van der Waals surface area contributed by atoms with Crippen molar-refractivity contribution in [2.75, 3.05) is 0 Å². The fraction of sp³-hybridized carbons (Fsp3) is 0.182. The third-order valence-corrected chi connectivity index (χ3v) is 2.20. The third-order valence-electron chi connectivity index (χ3n) is 2.20. The highest BCUT2D eigenvalue weighted by Crippen LogP contribution is 2.24. The SMILES string of the molecule is Cc1cc(C)c2cc(C(=O)O)oc2c1. The Morgan fingerprint density at radius 3 is 2.64 bits per heavy atom. The van der Waals surface area contributed by atoms with Crippen molar-refractivity contribution in [1.82, 2.24) is 0 Å². The highest BCUT2D eigenvalue weighted by Gasteiger charge is 2.11. The van der Waals surface area contributed by atoms with E-state index in [0.717, 1.165) is 16.5 Å². The first-order chi connectivity index (χ1) is 6.58. The topological polar surface area (TPSA) is 50.4 Å². The number of carboxylic acids is 1. The predicted molar refractivity (Wildman–Crippen MR) is 52.6 cm³/mol. The first kappa shape index (κ1) is 8.81. The maximum atomic E-state index is 10.7. The van der Waals surface area contributed by atoms with E-state index in [1.165, 1.54) is 0 Å². The molecule has 3 heteroatoms. The van der Waals surface area contributed by atoms with Crippen molar-refractivity contribution >= 4 is 16.9 Å². The largest absolute Gasteiger partial charge is 0.475 e. The molecule has 1 heterocycles. The molecule has 14 heavy (non-hydrogen) atoms. The normalized spacial score (nSPS) is 10.7. The summed E-state index contributed by atoms with van der Waals surface area (Å²) in [5.41, 5.74) is 2.75. The van der Waals surface area contributed by atoms with Crippen LogP contribution in [0.5, 0.6) is 0 Å². The number of rotatable bonds is 1. The molecule has 0 saturated heterocycles. The molecular weight excluding hydrogens is 180 g/mol. The van der Waals surface area contributed by atoms with E-state index in [-0.39, 0.29) is 5.76 Å². The van der Waals surface area contributed by atoms with Gasteiger partial charge in [-0.15, -0.1) is 0 Å². The lowest BCUT2D eigenvalue weighted by atomic mass is 10.1. The maximum absolute atomic E-state index is 10.7. The van der Waals surface area contributed by atoms with Crippen LogP contribution in [0.2, 0.25) is 0 Å². The van der Waals surface area contributed by atoms with E-state index in [2.05, 4.69) is 0 Å². The Balaban J connectivity index is 2.76. The van der Waals surface area contributed by atoms with Crippen molar-refractivity contribution in [2.24, 2.45) is 0 Å². The highest BCUT2D eigenvalue weighted by molar-refractivity contribution is 5.92. The molecule has 72 valence electrons. The van der Waals surface area contributed by atoms with Crippen LogP contribution in [-0.2, 0) is 0 Å². The van der Waals surface area contributed by atoms with E-state index in [9.17, 15) is 4.79 Å². The van der Waals surface area contributed by atoms with Gasteiger partial charge in [0.2, 0.25) is 5.76 Å². The van der Waals surface area contributed by atoms with Crippen LogP contribution < -0.4 is 0 Å². The van der Waals surface area contributed by atoms with E-state index in [0.29, 0.717) is 5.58 Å². The van der Waals surface area contributed by atoms with E-state index >= 15 is 0 Å². The maximum Gasteiger partial charge on any atom is 0.371 e. The molecule has 2 aromatic rings. The minimum atomic E-state index is -1.03. The lowest BCUT2D eigenvalue weighted by Gasteiger charge is -1.96.